The number of rotatable bonds is 5. The smallest absolute Gasteiger partial charge is 0.203 e. The van der Waals surface area contributed by atoms with Crippen molar-refractivity contribution in [2.75, 3.05) is 21.3 Å². The van der Waals surface area contributed by atoms with Crippen molar-refractivity contribution in [2.45, 2.75) is 33.6 Å². The van der Waals surface area contributed by atoms with Gasteiger partial charge in [0.15, 0.2) is 17.3 Å². The number of allylic oxidation sites excluding steroid dienone is 1. The summed E-state index contributed by atoms with van der Waals surface area (Å²) >= 11 is 0. The van der Waals surface area contributed by atoms with Gasteiger partial charge >= 0.3 is 0 Å². The van der Waals surface area contributed by atoms with Gasteiger partial charge in [-0.15, -0.1) is 0 Å². The van der Waals surface area contributed by atoms with Crippen molar-refractivity contribution in [2.24, 2.45) is 17.8 Å². The Labute approximate surface area is 144 Å². The third-order valence-electron chi connectivity index (χ3n) is 4.88. The molecule has 2 rings (SSSR count). The van der Waals surface area contributed by atoms with E-state index in [0.29, 0.717) is 23.2 Å². The van der Waals surface area contributed by atoms with Gasteiger partial charge in [0.25, 0.3) is 0 Å². The van der Waals surface area contributed by atoms with E-state index in [2.05, 4.69) is 20.8 Å². The van der Waals surface area contributed by atoms with Crippen molar-refractivity contribution in [3.8, 4) is 17.2 Å². The van der Waals surface area contributed by atoms with Crippen LogP contribution in [0.25, 0.3) is 6.08 Å². The fraction of sp³-hybridized carbons (Fsp3) is 0.550. The van der Waals surface area contributed by atoms with E-state index in [1.807, 2.05) is 18.2 Å². The van der Waals surface area contributed by atoms with Gasteiger partial charge in [-0.25, -0.2) is 0 Å². The van der Waals surface area contributed by atoms with Gasteiger partial charge in [0.2, 0.25) is 5.75 Å². The maximum absolute atomic E-state index is 12.9. The van der Waals surface area contributed by atoms with Crippen LogP contribution in [0.5, 0.6) is 17.2 Å². The molecule has 0 spiro atoms. The molecular weight excluding hydrogens is 304 g/mol. The minimum Gasteiger partial charge on any atom is -0.493 e. The van der Waals surface area contributed by atoms with Gasteiger partial charge in [-0.3, -0.25) is 4.79 Å². The summed E-state index contributed by atoms with van der Waals surface area (Å²) in [5, 5.41) is 0. The predicted octanol–water partition coefficient (Wildman–Crippen LogP) is 4.37. The van der Waals surface area contributed by atoms with Gasteiger partial charge in [0.05, 0.1) is 21.3 Å². The highest BCUT2D eigenvalue weighted by molar-refractivity contribution is 6.02. The molecule has 0 unspecified atom stereocenters. The van der Waals surface area contributed by atoms with Crippen molar-refractivity contribution in [1.82, 2.24) is 0 Å². The van der Waals surface area contributed by atoms with E-state index in [1.54, 1.807) is 21.3 Å². The maximum Gasteiger partial charge on any atom is 0.203 e. The van der Waals surface area contributed by atoms with Crippen molar-refractivity contribution in [3.05, 3.63) is 23.3 Å². The first kappa shape index (κ1) is 18.4. The van der Waals surface area contributed by atoms with Gasteiger partial charge in [-0.2, -0.15) is 0 Å². The average Bonchev–Trinajstić information content (AvgIpc) is 2.57. The van der Waals surface area contributed by atoms with E-state index in [0.717, 1.165) is 24.0 Å². The third-order valence-corrected chi connectivity index (χ3v) is 4.88. The molecule has 0 aromatic heterocycles. The lowest BCUT2D eigenvalue weighted by atomic mass is 9.73. The molecule has 0 radical (unpaired) electrons. The molecular formula is C20H28O4. The Bertz CT molecular complexity index is 606. The molecule has 2 atom stereocenters. The van der Waals surface area contributed by atoms with Crippen LogP contribution in [0.4, 0.5) is 0 Å². The van der Waals surface area contributed by atoms with Crippen molar-refractivity contribution in [1.29, 1.82) is 0 Å². The van der Waals surface area contributed by atoms with Crippen LogP contribution < -0.4 is 14.2 Å². The van der Waals surface area contributed by atoms with E-state index in [-0.39, 0.29) is 17.6 Å². The summed E-state index contributed by atoms with van der Waals surface area (Å²) in [4.78, 5) is 12.9. The van der Waals surface area contributed by atoms with Crippen molar-refractivity contribution >= 4 is 11.9 Å². The highest BCUT2D eigenvalue weighted by atomic mass is 16.5. The minimum absolute atomic E-state index is 0.120. The fourth-order valence-electron chi connectivity index (χ4n) is 3.39. The Morgan fingerprint density at radius 1 is 1.04 bits per heavy atom. The number of carbonyl (C=O) groups is 1. The summed E-state index contributed by atoms with van der Waals surface area (Å²) < 4.78 is 16.2. The second kappa shape index (κ2) is 7.73. The molecule has 0 saturated heterocycles. The molecule has 4 heteroatoms. The zero-order chi connectivity index (χ0) is 17.9. The summed E-state index contributed by atoms with van der Waals surface area (Å²) in [7, 11) is 4.77. The molecule has 0 N–H and O–H groups in total. The summed E-state index contributed by atoms with van der Waals surface area (Å²) in [6, 6.07) is 3.76. The number of ether oxygens (including phenoxy) is 3. The summed E-state index contributed by atoms with van der Waals surface area (Å²) in [5.74, 6) is 2.79. The van der Waals surface area contributed by atoms with Gasteiger partial charge < -0.3 is 14.2 Å². The van der Waals surface area contributed by atoms with E-state index in [9.17, 15) is 4.79 Å². The van der Waals surface area contributed by atoms with Crippen LogP contribution in [0.2, 0.25) is 0 Å². The zero-order valence-corrected chi connectivity index (χ0v) is 15.5. The molecule has 1 fully saturated rings. The quantitative estimate of drug-likeness (QED) is 0.751. The van der Waals surface area contributed by atoms with Crippen LogP contribution in [0.15, 0.2) is 17.7 Å². The zero-order valence-electron chi connectivity index (χ0n) is 15.5. The Kier molecular flexibility index (Phi) is 5.92. The molecule has 1 aromatic rings. The fourth-order valence-corrected chi connectivity index (χ4v) is 3.39. The largest absolute Gasteiger partial charge is 0.493 e. The van der Waals surface area contributed by atoms with Gasteiger partial charge in [-0.1, -0.05) is 20.8 Å². The molecule has 0 heterocycles. The summed E-state index contributed by atoms with van der Waals surface area (Å²) in [6.07, 6.45) is 4.00. The van der Waals surface area contributed by atoms with Gasteiger partial charge in [0, 0.05) is 5.92 Å². The maximum atomic E-state index is 12.9. The van der Waals surface area contributed by atoms with Crippen LogP contribution in [-0.4, -0.2) is 27.1 Å². The molecule has 1 aliphatic rings. The monoisotopic (exact) mass is 332 g/mol. The molecule has 0 bridgehead atoms. The predicted molar refractivity (Wildman–Crippen MR) is 95.8 cm³/mol. The standard InChI is InChI=1S/C20H28O4/c1-12(2)15-8-7-13(3)16(19(15)21)9-14-10-17(22-4)20(24-6)18(11-14)23-5/h9-13,15H,7-8H2,1-6H3/t13-,15-/m0/s1. The second-order valence-corrected chi connectivity index (χ2v) is 6.75. The highest BCUT2D eigenvalue weighted by Crippen LogP contribution is 2.40. The average molecular weight is 332 g/mol. The Morgan fingerprint density at radius 3 is 2.08 bits per heavy atom. The molecule has 1 saturated carbocycles. The number of Topliss-reactive ketones (excluding diaryl/α,β-unsaturated/α-hetero) is 1. The number of hydrogen-bond donors (Lipinski definition) is 0. The molecule has 24 heavy (non-hydrogen) atoms. The van der Waals surface area contributed by atoms with Crippen LogP contribution in [0, 0.1) is 17.8 Å². The van der Waals surface area contributed by atoms with Gasteiger partial charge in [0.1, 0.15) is 0 Å². The first-order valence-corrected chi connectivity index (χ1v) is 8.48. The Balaban J connectivity index is 2.47. The van der Waals surface area contributed by atoms with Crippen LogP contribution in [0.1, 0.15) is 39.2 Å². The number of carbonyl (C=O) groups excluding carboxylic acids is 1. The topological polar surface area (TPSA) is 44.8 Å². The van der Waals surface area contributed by atoms with E-state index < -0.39 is 0 Å². The molecule has 0 aliphatic heterocycles. The lowest BCUT2D eigenvalue weighted by molar-refractivity contribution is -0.122. The number of methoxy groups -OCH3 is 3. The van der Waals surface area contributed by atoms with Crippen molar-refractivity contribution < 1.29 is 19.0 Å². The lowest BCUT2D eigenvalue weighted by Crippen LogP contribution is -2.30. The SMILES string of the molecule is COc1cc(C=C2C(=O)[C@H](C(C)C)CC[C@@H]2C)cc(OC)c1OC. The lowest BCUT2D eigenvalue weighted by Gasteiger charge is -2.30. The summed E-state index contributed by atoms with van der Waals surface area (Å²) in [5.41, 5.74) is 1.79. The van der Waals surface area contributed by atoms with Crippen molar-refractivity contribution in [3.63, 3.8) is 0 Å². The number of ketones is 1. The molecule has 4 nitrogen and oxygen atoms in total. The van der Waals surface area contributed by atoms with Gasteiger partial charge in [-0.05, 0) is 54.0 Å². The first-order chi connectivity index (χ1) is 11.4. The Hall–Kier alpha value is -1.97. The first-order valence-electron chi connectivity index (χ1n) is 8.48. The Morgan fingerprint density at radius 2 is 1.62 bits per heavy atom. The van der Waals surface area contributed by atoms with E-state index >= 15 is 0 Å². The summed E-state index contributed by atoms with van der Waals surface area (Å²) in [6.45, 7) is 6.36. The van der Waals surface area contributed by atoms with Crippen LogP contribution in [-0.2, 0) is 4.79 Å². The van der Waals surface area contributed by atoms with E-state index in [4.69, 9.17) is 14.2 Å². The van der Waals surface area contributed by atoms with Crippen LogP contribution >= 0.6 is 0 Å². The minimum atomic E-state index is 0.120. The number of benzene rings is 1. The highest BCUT2D eigenvalue weighted by Gasteiger charge is 2.32. The molecule has 0 amide bonds. The van der Waals surface area contributed by atoms with E-state index in [1.165, 1.54) is 0 Å². The molecule has 1 aromatic carbocycles. The normalized spacial score (nSPS) is 22.8. The second-order valence-electron chi connectivity index (χ2n) is 6.75. The molecule has 1 aliphatic carbocycles. The van der Waals surface area contributed by atoms with Crippen LogP contribution in [0.3, 0.4) is 0 Å². The molecule has 132 valence electrons. The number of hydrogen-bond acceptors (Lipinski definition) is 4. The third kappa shape index (κ3) is 3.58.